The Bertz CT molecular complexity index is 637. The molecule has 1 aliphatic heterocycles. The molecule has 3 nitrogen and oxygen atoms in total. The number of nitrogens with zero attached hydrogens (tertiary/aromatic N) is 3. The minimum atomic E-state index is 0. The second-order valence-corrected chi connectivity index (χ2v) is 6.12. The van der Waals surface area contributed by atoms with Gasteiger partial charge in [0.15, 0.2) is 5.13 Å². The van der Waals surface area contributed by atoms with E-state index in [1.165, 1.54) is 5.56 Å². The Morgan fingerprint density at radius 2 is 2.05 bits per heavy atom. The van der Waals surface area contributed by atoms with Gasteiger partial charge in [-0.2, -0.15) is 0 Å². The third-order valence-corrected chi connectivity index (χ3v) is 4.45. The van der Waals surface area contributed by atoms with Crippen LogP contribution in [0.5, 0.6) is 0 Å². The Balaban J connectivity index is 0.00000176. The van der Waals surface area contributed by atoms with E-state index in [9.17, 15) is 0 Å². The fraction of sp³-hybridized carbons (Fsp3) is 0.353. The van der Waals surface area contributed by atoms with Crippen LogP contribution in [0.2, 0.25) is 0 Å². The zero-order valence-corrected chi connectivity index (χ0v) is 14.3. The molecule has 0 bridgehead atoms. The normalized spacial score (nSPS) is 14.9. The lowest BCUT2D eigenvalue weighted by Gasteiger charge is -2.33. The molecule has 22 heavy (non-hydrogen) atoms. The lowest BCUT2D eigenvalue weighted by atomic mass is 10.1. The van der Waals surface area contributed by atoms with E-state index in [1.807, 2.05) is 11.6 Å². The van der Waals surface area contributed by atoms with Crippen LogP contribution in [0.3, 0.4) is 0 Å². The van der Waals surface area contributed by atoms with E-state index < -0.39 is 0 Å². The topological polar surface area (TPSA) is 19.4 Å². The van der Waals surface area contributed by atoms with Crippen molar-refractivity contribution in [1.82, 2.24) is 9.88 Å². The molecule has 2 aromatic rings. The smallest absolute Gasteiger partial charge is 0.185 e. The summed E-state index contributed by atoms with van der Waals surface area (Å²) < 4.78 is 0. The summed E-state index contributed by atoms with van der Waals surface area (Å²) in [5.41, 5.74) is 2.37. The highest BCUT2D eigenvalue weighted by molar-refractivity contribution is 7.13. The average Bonchev–Trinajstić information content (AvgIpc) is 3.02. The molecule has 0 unspecified atom stereocenters. The second kappa shape index (κ2) is 8.19. The van der Waals surface area contributed by atoms with Crippen molar-refractivity contribution in [1.29, 1.82) is 0 Å². The van der Waals surface area contributed by atoms with Gasteiger partial charge in [-0.25, -0.2) is 4.98 Å². The van der Waals surface area contributed by atoms with E-state index in [0.29, 0.717) is 0 Å². The molecule has 5 heteroatoms. The van der Waals surface area contributed by atoms with Crippen molar-refractivity contribution in [3.63, 3.8) is 0 Å². The zero-order valence-electron chi connectivity index (χ0n) is 12.7. The lowest BCUT2D eigenvalue weighted by molar-refractivity contribution is 0.288. The zero-order chi connectivity index (χ0) is 14.5. The summed E-state index contributed by atoms with van der Waals surface area (Å²) in [6.45, 7) is 7.14. The van der Waals surface area contributed by atoms with Gasteiger partial charge in [-0.1, -0.05) is 24.0 Å². The number of anilines is 1. The van der Waals surface area contributed by atoms with Crippen LogP contribution >= 0.6 is 23.7 Å². The SMILES string of the molecule is Cc1cccc(C#CCN2CCN(c3nccs3)CC2)c1.Cl. The maximum absolute atomic E-state index is 4.37. The molecule has 1 aromatic carbocycles. The van der Waals surface area contributed by atoms with Crippen LogP contribution < -0.4 is 4.90 Å². The van der Waals surface area contributed by atoms with Crippen molar-refractivity contribution in [2.45, 2.75) is 6.92 Å². The number of benzene rings is 1. The number of aromatic nitrogens is 1. The summed E-state index contributed by atoms with van der Waals surface area (Å²) in [6, 6.07) is 8.36. The third-order valence-electron chi connectivity index (χ3n) is 3.62. The second-order valence-electron chi connectivity index (χ2n) is 5.25. The van der Waals surface area contributed by atoms with Crippen LogP contribution in [0.1, 0.15) is 11.1 Å². The maximum Gasteiger partial charge on any atom is 0.185 e. The Kier molecular flexibility index (Phi) is 6.26. The fourth-order valence-corrected chi connectivity index (χ4v) is 3.14. The Morgan fingerprint density at radius 3 is 2.73 bits per heavy atom. The predicted octanol–water partition coefficient (Wildman–Crippen LogP) is 3.05. The summed E-state index contributed by atoms with van der Waals surface area (Å²) in [7, 11) is 0. The Morgan fingerprint density at radius 1 is 1.23 bits per heavy atom. The molecule has 0 radical (unpaired) electrons. The van der Waals surface area contributed by atoms with Crippen LogP contribution in [-0.2, 0) is 0 Å². The van der Waals surface area contributed by atoms with Crippen LogP contribution in [0.25, 0.3) is 0 Å². The number of halogens is 1. The quantitative estimate of drug-likeness (QED) is 0.787. The van der Waals surface area contributed by atoms with Crippen molar-refractivity contribution in [2.75, 3.05) is 37.6 Å². The molecule has 3 rings (SSSR count). The van der Waals surface area contributed by atoms with Gasteiger partial charge in [0.05, 0.1) is 6.54 Å². The van der Waals surface area contributed by atoms with Gasteiger partial charge in [0.1, 0.15) is 0 Å². The van der Waals surface area contributed by atoms with Crippen molar-refractivity contribution in [2.24, 2.45) is 0 Å². The van der Waals surface area contributed by atoms with E-state index in [-0.39, 0.29) is 12.4 Å². The highest BCUT2D eigenvalue weighted by Gasteiger charge is 2.17. The highest BCUT2D eigenvalue weighted by Crippen LogP contribution is 2.18. The van der Waals surface area contributed by atoms with Crippen molar-refractivity contribution in [3.8, 4) is 11.8 Å². The third kappa shape index (κ3) is 4.48. The van der Waals surface area contributed by atoms with Gasteiger partial charge < -0.3 is 4.90 Å². The van der Waals surface area contributed by atoms with Crippen LogP contribution in [0.4, 0.5) is 5.13 Å². The van der Waals surface area contributed by atoms with Gasteiger partial charge in [0.2, 0.25) is 0 Å². The summed E-state index contributed by atoms with van der Waals surface area (Å²) in [6.07, 6.45) is 1.87. The minimum Gasteiger partial charge on any atom is -0.346 e. The molecule has 1 aliphatic rings. The minimum absolute atomic E-state index is 0. The first-order valence-corrected chi connectivity index (χ1v) is 8.11. The van der Waals surface area contributed by atoms with Gasteiger partial charge in [-0.05, 0) is 24.6 Å². The van der Waals surface area contributed by atoms with Gasteiger partial charge in [-0.3, -0.25) is 4.90 Å². The van der Waals surface area contributed by atoms with E-state index in [0.717, 1.165) is 43.4 Å². The molecule has 0 aliphatic carbocycles. The monoisotopic (exact) mass is 333 g/mol. The number of hydrogen-bond donors (Lipinski definition) is 0. The standard InChI is InChI=1S/C17H19N3S.ClH/c1-15-4-2-5-16(14-15)6-3-8-19-9-11-20(12-10-19)17-18-7-13-21-17;/h2,4-5,7,13-14H,8-12H2,1H3;1H. The fourth-order valence-electron chi connectivity index (χ4n) is 2.45. The predicted molar refractivity (Wildman–Crippen MR) is 96.1 cm³/mol. The van der Waals surface area contributed by atoms with Crippen LogP contribution in [0, 0.1) is 18.8 Å². The van der Waals surface area contributed by atoms with Crippen LogP contribution in [-0.4, -0.2) is 42.6 Å². The first kappa shape index (κ1) is 16.8. The molecule has 0 N–H and O–H groups in total. The molecule has 0 spiro atoms. The van der Waals surface area contributed by atoms with E-state index in [4.69, 9.17) is 0 Å². The largest absolute Gasteiger partial charge is 0.346 e. The summed E-state index contributed by atoms with van der Waals surface area (Å²) in [5, 5.41) is 3.18. The van der Waals surface area contributed by atoms with Crippen molar-refractivity contribution < 1.29 is 0 Å². The molecule has 0 saturated carbocycles. The van der Waals surface area contributed by atoms with Gasteiger partial charge in [0, 0.05) is 43.3 Å². The van der Waals surface area contributed by atoms with E-state index in [1.54, 1.807) is 11.3 Å². The summed E-state index contributed by atoms with van der Waals surface area (Å²) in [5.74, 6) is 6.55. The average molecular weight is 334 g/mol. The van der Waals surface area contributed by atoms with E-state index in [2.05, 4.69) is 57.8 Å². The Labute approximate surface area is 142 Å². The number of rotatable bonds is 2. The summed E-state index contributed by atoms with van der Waals surface area (Å²) in [4.78, 5) is 9.14. The molecule has 0 amide bonds. The number of hydrogen-bond acceptors (Lipinski definition) is 4. The molecule has 2 heterocycles. The number of piperazine rings is 1. The maximum atomic E-state index is 4.37. The Hall–Kier alpha value is -1.54. The first-order chi connectivity index (χ1) is 10.3. The van der Waals surface area contributed by atoms with Gasteiger partial charge >= 0.3 is 0 Å². The van der Waals surface area contributed by atoms with E-state index >= 15 is 0 Å². The number of thiazole rings is 1. The number of aryl methyl sites for hydroxylation is 1. The molecule has 1 fully saturated rings. The molecule has 1 aromatic heterocycles. The molecule has 1 saturated heterocycles. The highest BCUT2D eigenvalue weighted by atomic mass is 35.5. The molecule has 116 valence electrons. The first-order valence-electron chi connectivity index (χ1n) is 7.23. The van der Waals surface area contributed by atoms with Crippen molar-refractivity contribution >= 4 is 28.9 Å². The van der Waals surface area contributed by atoms with Crippen molar-refractivity contribution in [3.05, 3.63) is 47.0 Å². The van der Waals surface area contributed by atoms with Crippen LogP contribution in [0.15, 0.2) is 35.8 Å². The lowest BCUT2D eigenvalue weighted by Crippen LogP contribution is -2.46. The molecular weight excluding hydrogens is 314 g/mol. The molecular formula is C17H20ClN3S. The van der Waals surface area contributed by atoms with Gasteiger partial charge in [-0.15, -0.1) is 23.7 Å². The summed E-state index contributed by atoms with van der Waals surface area (Å²) >= 11 is 1.72. The van der Waals surface area contributed by atoms with Gasteiger partial charge in [0.25, 0.3) is 0 Å². The molecule has 0 atom stereocenters.